The van der Waals surface area contributed by atoms with Crippen molar-refractivity contribution in [3.63, 3.8) is 0 Å². The summed E-state index contributed by atoms with van der Waals surface area (Å²) >= 11 is 0. The maximum atomic E-state index is 10.5. The number of rotatable bonds is 3. The third kappa shape index (κ3) is 7.90. The summed E-state index contributed by atoms with van der Waals surface area (Å²) in [7, 11) is -4.02. The number of benzene rings is 1. The van der Waals surface area contributed by atoms with Crippen molar-refractivity contribution in [2.75, 3.05) is 6.54 Å². The van der Waals surface area contributed by atoms with Gasteiger partial charge in [0.1, 0.15) is 0 Å². The van der Waals surface area contributed by atoms with Gasteiger partial charge in [-0.05, 0) is 37.9 Å². The van der Waals surface area contributed by atoms with Gasteiger partial charge in [-0.1, -0.05) is 31.5 Å². The van der Waals surface area contributed by atoms with Crippen LogP contribution in [0.4, 0.5) is 0 Å². The highest BCUT2D eigenvalue weighted by atomic mass is 32.2. The summed E-state index contributed by atoms with van der Waals surface area (Å²) in [6.45, 7) is 7.02. The van der Waals surface area contributed by atoms with E-state index in [2.05, 4.69) is 13.8 Å². The molecule has 4 nitrogen and oxygen atoms in total. The summed E-state index contributed by atoms with van der Waals surface area (Å²) in [5, 5.41) is 0. The molecule has 17 heavy (non-hydrogen) atoms. The molecule has 0 saturated carbocycles. The minimum absolute atomic E-state index is 0.0666. The van der Waals surface area contributed by atoms with E-state index in [1.54, 1.807) is 12.1 Å². The molecule has 0 atom stereocenters. The monoisotopic (exact) mass is 259 g/mol. The van der Waals surface area contributed by atoms with Gasteiger partial charge in [-0.15, -0.1) is 0 Å². The van der Waals surface area contributed by atoms with E-state index in [1.807, 2.05) is 6.92 Å². The Hall–Kier alpha value is -0.910. The molecule has 1 aromatic rings. The van der Waals surface area contributed by atoms with Crippen molar-refractivity contribution in [2.45, 2.75) is 32.1 Å². The van der Waals surface area contributed by atoms with Gasteiger partial charge >= 0.3 is 0 Å². The summed E-state index contributed by atoms with van der Waals surface area (Å²) in [6, 6.07) is 5.99. The molecule has 0 spiro atoms. The van der Waals surface area contributed by atoms with Crippen LogP contribution >= 0.6 is 0 Å². The predicted octanol–water partition coefficient (Wildman–Crippen LogP) is 2.23. The van der Waals surface area contributed by atoms with Crippen LogP contribution in [-0.4, -0.2) is 19.5 Å². The van der Waals surface area contributed by atoms with Gasteiger partial charge in [-0.25, -0.2) is 0 Å². The van der Waals surface area contributed by atoms with Gasteiger partial charge in [0.05, 0.1) is 4.90 Å². The lowest BCUT2D eigenvalue weighted by atomic mass is 10.1. The van der Waals surface area contributed by atoms with E-state index in [9.17, 15) is 8.42 Å². The topological polar surface area (TPSA) is 80.4 Å². The molecule has 0 fully saturated rings. The summed E-state index contributed by atoms with van der Waals surface area (Å²) in [6.07, 6.45) is 1.15. The van der Waals surface area contributed by atoms with Crippen molar-refractivity contribution in [3.05, 3.63) is 29.8 Å². The van der Waals surface area contributed by atoms with Crippen LogP contribution in [-0.2, 0) is 10.1 Å². The third-order valence-corrected chi connectivity index (χ3v) is 2.93. The first-order valence-electron chi connectivity index (χ1n) is 5.51. The van der Waals surface area contributed by atoms with Gasteiger partial charge in [0.25, 0.3) is 10.1 Å². The molecule has 0 aliphatic carbocycles. The highest BCUT2D eigenvalue weighted by Crippen LogP contribution is 2.08. The number of aryl methyl sites for hydroxylation is 1. The normalized spacial score (nSPS) is 10.9. The second kappa shape index (κ2) is 7.42. The number of hydrogen-bond donors (Lipinski definition) is 2. The van der Waals surface area contributed by atoms with E-state index in [0.29, 0.717) is 0 Å². The molecular weight excluding hydrogens is 238 g/mol. The zero-order chi connectivity index (χ0) is 13.5. The first-order valence-corrected chi connectivity index (χ1v) is 6.95. The minimum atomic E-state index is -4.02. The molecule has 0 bridgehead atoms. The fourth-order valence-corrected chi connectivity index (χ4v) is 1.52. The molecule has 3 N–H and O–H groups in total. The summed E-state index contributed by atoms with van der Waals surface area (Å²) in [5.74, 6) is 0.773. The summed E-state index contributed by atoms with van der Waals surface area (Å²) in [4.78, 5) is -0.0666. The van der Waals surface area contributed by atoms with E-state index in [-0.39, 0.29) is 4.90 Å². The van der Waals surface area contributed by atoms with Crippen LogP contribution in [0.1, 0.15) is 25.8 Å². The molecule has 0 aliphatic rings. The number of hydrogen-bond acceptors (Lipinski definition) is 3. The van der Waals surface area contributed by atoms with Gasteiger partial charge in [0.15, 0.2) is 0 Å². The van der Waals surface area contributed by atoms with E-state index >= 15 is 0 Å². The molecule has 0 amide bonds. The van der Waals surface area contributed by atoms with E-state index in [0.717, 1.165) is 24.4 Å². The van der Waals surface area contributed by atoms with Crippen LogP contribution in [0.25, 0.3) is 0 Å². The Labute approximate surface area is 104 Å². The standard InChI is InChI=1S/C7H8O3S.C5H13N/c1-6-2-4-7(5-3-6)11(8,9)10;1-5(2)3-4-6/h2-5H,1H3,(H,8,9,10);5H,3-4,6H2,1-2H3. The van der Waals surface area contributed by atoms with Gasteiger partial charge < -0.3 is 5.73 Å². The van der Waals surface area contributed by atoms with Crippen molar-refractivity contribution >= 4 is 10.1 Å². The molecule has 0 aliphatic heterocycles. The van der Waals surface area contributed by atoms with E-state index in [1.165, 1.54) is 12.1 Å². The van der Waals surface area contributed by atoms with Crippen LogP contribution < -0.4 is 5.73 Å². The smallest absolute Gasteiger partial charge is 0.294 e. The average molecular weight is 259 g/mol. The van der Waals surface area contributed by atoms with Crippen LogP contribution in [0.3, 0.4) is 0 Å². The fourth-order valence-electron chi connectivity index (χ4n) is 1.04. The zero-order valence-electron chi connectivity index (χ0n) is 10.6. The molecule has 0 heterocycles. The van der Waals surface area contributed by atoms with Crippen molar-refractivity contribution in [1.82, 2.24) is 0 Å². The van der Waals surface area contributed by atoms with Crippen molar-refractivity contribution in [1.29, 1.82) is 0 Å². The second-order valence-electron chi connectivity index (χ2n) is 4.26. The Morgan fingerprint density at radius 2 is 1.71 bits per heavy atom. The quantitative estimate of drug-likeness (QED) is 0.816. The highest BCUT2D eigenvalue weighted by Gasteiger charge is 2.06. The van der Waals surface area contributed by atoms with Gasteiger partial charge in [0, 0.05) is 0 Å². The lowest BCUT2D eigenvalue weighted by Crippen LogP contribution is -2.01. The SMILES string of the molecule is CC(C)CCN.Cc1ccc(S(=O)(=O)O)cc1. The highest BCUT2D eigenvalue weighted by molar-refractivity contribution is 7.85. The maximum absolute atomic E-state index is 10.5. The van der Waals surface area contributed by atoms with Gasteiger partial charge in [0.2, 0.25) is 0 Å². The Bertz CT molecular complexity index is 410. The molecule has 5 heteroatoms. The second-order valence-corrected chi connectivity index (χ2v) is 5.68. The lowest BCUT2D eigenvalue weighted by Gasteiger charge is -1.96. The van der Waals surface area contributed by atoms with E-state index < -0.39 is 10.1 Å². The average Bonchev–Trinajstić information content (AvgIpc) is 2.17. The fraction of sp³-hybridized carbons (Fsp3) is 0.500. The third-order valence-electron chi connectivity index (χ3n) is 2.06. The molecule has 0 saturated heterocycles. The summed E-state index contributed by atoms with van der Waals surface area (Å²) in [5.41, 5.74) is 6.19. The molecule has 1 rings (SSSR count). The molecular formula is C12H21NO3S. The molecule has 98 valence electrons. The van der Waals surface area contributed by atoms with Crippen molar-refractivity contribution in [2.24, 2.45) is 11.7 Å². The molecule has 1 aromatic carbocycles. The lowest BCUT2D eigenvalue weighted by molar-refractivity contribution is 0.483. The first kappa shape index (κ1) is 16.1. The Morgan fingerprint density at radius 3 is 1.94 bits per heavy atom. The molecule has 0 radical (unpaired) electrons. The Morgan fingerprint density at radius 1 is 1.24 bits per heavy atom. The minimum Gasteiger partial charge on any atom is -0.330 e. The van der Waals surface area contributed by atoms with Crippen molar-refractivity contribution in [3.8, 4) is 0 Å². The summed E-state index contributed by atoms with van der Waals surface area (Å²) < 4.78 is 29.6. The largest absolute Gasteiger partial charge is 0.330 e. The predicted molar refractivity (Wildman–Crippen MR) is 69.5 cm³/mol. The van der Waals surface area contributed by atoms with Crippen LogP contribution in [0.2, 0.25) is 0 Å². The van der Waals surface area contributed by atoms with Crippen molar-refractivity contribution < 1.29 is 13.0 Å². The Balaban J connectivity index is 0.000000366. The number of nitrogens with two attached hydrogens (primary N) is 1. The van der Waals surface area contributed by atoms with Crippen LogP contribution in [0.15, 0.2) is 29.2 Å². The Kier molecular flexibility index (Phi) is 7.03. The van der Waals surface area contributed by atoms with Crippen LogP contribution in [0.5, 0.6) is 0 Å². The molecule has 0 aromatic heterocycles. The first-order chi connectivity index (χ1) is 7.77. The zero-order valence-corrected chi connectivity index (χ0v) is 11.4. The van der Waals surface area contributed by atoms with E-state index in [4.69, 9.17) is 10.3 Å². The van der Waals surface area contributed by atoms with Gasteiger partial charge in [-0.3, -0.25) is 4.55 Å². The van der Waals surface area contributed by atoms with Crippen LogP contribution in [0, 0.1) is 12.8 Å². The maximum Gasteiger partial charge on any atom is 0.294 e. The molecule has 0 unspecified atom stereocenters. The van der Waals surface area contributed by atoms with Gasteiger partial charge in [-0.2, -0.15) is 8.42 Å².